The van der Waals surface area contributed by atoms with E-state index >= 15 is 0 Å². The standard InChI is InChI=1S/C16H25N3O/c1-3-6-14-7-4-5-8-15(14)18-16(20)13(2)19-11-9-17-10-12-19/h4-5,7-8,13,17H,3,6,9-12H2,1-2H3,(H,18,20). The second-order valence-corrected chi connectivity index (χ2v) is 5.36. The van der Waals surface area contributed by atoms with Crippen molar-refractivity contribution >= 4 is 11.6 Å². The highest BCUT2D eigenvalue weighted by molar-refractivity contribution is 5.95. The summed E-state index contributed by atoms with van der Waals surface area (Å²) in [6.45, 7) is 7.94. The molecule has 1 aromatic carbocycles. The SMILES string of the molecule is CCCc1ccccc1NC(=O)C(C)N1CCNCC1. The molecule has 20 heavy (non-hydrogen) atoms. The maximum Gasteiger partial charge on any atom is 0.241 e. The lowest BCUT2D eigenvalue weighted by Gasteiger charge is -2.32. The fourth-order valence-corrected chi connectivity index (χ4v) is 2.60. The van der Waals surface area contributed by atoms with Crippen molar-refractivity contribution < 1.29 is 4.79 Å². The number of nitrogens with one attached hydrogen (secondary N) is 2. The first kappa shape index (κ1) is 15.0. The second-order valence-electron chi connectivity index (χ2n) is 5.36. The second kappa shape index (κ2) is 7.41. The predicted molar refractivity (Wildman–Crippen MR) is 83.0 cm³/mol. The lowest BCUT2D eigenvalue weighted by Crippen LogP contribution is -2.51. The van der Waals surface area contributed by atoms with Crippen LogP contribution in [-0.4, -0.2) is 43.0 Å². The number of anilines is 1. The third kappa shape index (κ3) is 3.81. The number of amides is 1. The van der Waals surface area contributed by atoms with Crippen LogP contribution in [0.1, 0.15) is 25.8 Å². The summed E-state index contributed by atoms with van der Waals surface area (Å²) in [7, 11) is 0. The molecule has 1 aliphatic rings. The van der Waals surface area contributed by atoms with Crippen LogP contribution in [0.3, 0.4) is 0 Å². The molecule has 0 bridgehead atoms. The number of hydrogen-bond acceptors (Lipinski definition) is 3. The first-order chi connectivity index (χ1) is 9.72. The molecule has 0 aliphatic carbocycles. The molecule has 2 rings (SSSR count). The summed E-state index contributed by atoms with van der Waals surface area (Å²) >= 11 is 0. The van der Waals surface area contributed by atoms with E-state index < -0.39 is 0 Å². The van der Waals surface area contributed by atoms with Gasteiger partial charge in [-0.1, -0.05) is 31.5 Å². The maximum atomic E-state index is 12.4. The Kier molecular flexibility index (Phi) is 5.56. The molecule has 2 N–H and O–H groups in total. The van der Waals surface area contributed by atoms with E-state index in [0.717, 1.165) is 44.7 Å². The summed E-state index contributed by atoms with van der Waals surface area (Å²) in [4.78, 5) is 14.6. The molecule has 1 aliphatic heterocycles. The molecule has 1 saturated heterocycles. The molecular formula is C16H25N3O. The zero-order chi connectivity index (χ0) is 14.4. The minimum Gasteiger partial charge on any atom is -0.324 e. The summed E-state index contributed by atoms with van der Waals surface area (Å²) in [6, 6.07) is 8.01. The molecule has 110 valence electrons. The third-order valence-corrected chi connectivity index (χ3v) is 3.87. The number of rotatable bonds is 5. The molecule has 1 heterocycles. The Morgan fingerprint density at radius 1 is 1.35 bits per heavy atom. The van der Waals surface area contributed by atoms with Gasteiger partial charge in [-0.15, -0.1) is 0 Å². The number of carbonyl (C=O) groups is 1. The Morgan fingerprint density at radius 3 is 2.75 bits per heavy atom. The van der Waals surface area contributed by atoms with Crippen LogP contribution in [0.4, 0.5) is 5.69 Å². The van der Waals surface area contributed by atoms with Crippen molar-refractivity contribution in [1.82, 2.24) is 10.2 Å². The Morgan fingerprint density at radius 2 is 2.05 bits per heavy atom. The largest absolute Gasteiger partial charge is 0.324 e. The number of benzene rings is 1. The van der Waals surface area contributed by atoms with Crippen molar-refractivity contribution in [3.05, 3.63) is 29.8 Å². The van der Waals surface area contributed by atoms with Crippen LogP contribution in [0.2, 0.25) is 0 Å². The van der Waals surface area contributed by atoms with E-state index in [9.17, 15) is 4.79 Å². The van der Waals surface area contributed by atoms with Gasteiger partial charge in [0.25, 0.3) is 0 Å². The van der Waals surface area contributed by atoms with Crippen LogP contribution in [0.15, 0.2) is 24.3 Å². The van der Waals surface area contributed by atoms with Gasteiger partial charge in [-0.25, -0.2) is 0 Å². The summed E-state index contributed by atoms with van der Waals surface area (Å²) in [5, 5.41) is 6.40. The average molecular weight is 275 g/mol. The number of hydrogen-bond donors (Lipinski definition) is 2. The van der Waals surface area contributed by atoms with Crippen molar-refractivity contribution in [3.63, 3.8) is 0 Å². The van der Waals surface area contributed by atoms with Crippen molar-refractivity contribution in [1.29, 1.82) is 0 Å². The van der Waals surface area contributed by atoms with E-state index in [0.29, 0.717) is 0 Å². The summed E-state index contributed by atoms with van der Waals surface area (Å²) in [5.41, 5.74) is 2.18. The van der Waals surface area contributed by atoms with Crippen LogP contribution in [0.25, 0.3) is 0 Å². The number of aryl methyl sites for hydroxylation is 1. The lowest BCUT2D eigenvalue weighted by atomic mass is 10.1. The van der Waals surface area contributed by atoms with Gasteiger partial charge in [0.05, 0.1) is 6.04 Å². The molecule has 1 aromatic rings. The molecule has 1 fully saturated rings. The molecule has 0 spiro atoms. The topological polar surface area (TPSA) is 44.4 Å². The lowest BCUT2D eigenvalue weighted by molar-refractivity contribution is -0.120. The van der Waals surface area contributed by atoms with Crippen LogP contribution in [-0.2, 0) is 11.2 Å². The number of carbonyl (C=O) groups excluding carboxylic acids is 1. The van der Waals surface area contributed by atoms with Gasteiger partial charge in [0.15, 0.2) is 0 Å². The molecule has 1 amide bonds. The molecule has 0 aromatic heterocycles. The summed E-state index contributed by atoms with van der Waals surface area (Å²) < 4.78 is 0. The van der Waals surface area contributed by atoms with Crippen molar-refractivity contribution in [2.24, 2.45) is 0 Å². The zero-order valence-corrected chi connectivity index (χ0v) is 12.5. The third-order valence-electron chi connectivity index (χ3n) is 3.87. The van der Waals surface area contributed by atoms with E-state index in [4.69, 9.17) is 0 Å². The molecule has 0 saturated carbocycles. The van der Waals surface area contributed by atoms with Gasteiger partial charge < -0.3 is 10.6 Å². The maximum absolute atomic E-state index is 12.4. The van der Waals surface area contributed by atoms with Gasteiger partial charge >= 0.3 is 0 Å². The molecular weight excluding hydrogens is 250 g/mol. The fraction of sp³-hybridized carbons (Fsp3) is 0.562. The Balaban J connectivity index is 1.99. The van der Waals surface area contributed by atoms with Crippen LogP contribution in [0.5, 0.6) is 0 Å². The molecule has 1 atom stereocenters. The van der Waals surface area contributed by atoms with Gasteiger partial charge in [-0.3, -0.25) is 9.69 Å². The minimum absolute atomic E-state index is 0.0771. The van der Waals surface area contributed by atoms with E-state index in [1.807, 2.05) is 25.1 Å². The van der Waals surface area contributed by atoms with Crippen LogP contribution < -0.4 is 10.6 Å². The zero-order valence-electron chi connectivity index (χ0n) is 12.5. The van der Waals surface area contributed by atoms with E-state index in [-0.39, 0.29) is 11.9 Å². The van der Waals surface area contributed by atoms with E-state index in [1.54, 1.807) is 0 Å². The minimum atomic E-state index is -0.0771. The average Bonchev–Trinajstić information content (AvgIpc) is 2.49. The number of para-hydroxylation sites is 1. The first-order valence-corrected chi connectivity index (χ1v) is 7.56. The molecule has 4 nitrogen and oxygen atoms in total. The van der Waals surface area contributed by atoms with E-state index in [1.165, 1.54) is 5.56 Å². The highest BCUT2D eigenvalue weighted by Gasteiger charge is 2.22. The van der Waals surface area contributed by atoms with Crippen LogP contribution >= 0.6 is 0 Å². The molecule has 4 heteroatoms. The Labute approximate surface area is 121 Å². The summed E-state index contributed by atoms with van der Waals surface area (Å²) in [5.74, 6) is 0.0930. The number of piperazine rings is 1. The van der Waals surface area contributed by atoms with Crippen molar-refractivity contribution in [3.8, 4) is 0 Å². The number of nitrogens with zero attached hydrogens (tertiary/aromatic N) is 1. The Hall–Kier alpha value is -1.39. The van der Waals surface area contributed by atoms with Gasteiger partial charge in [0.1, 0.15) is 0 Å². The highest BCUT2D eigenvalue weighted by atomic mass is 16.2. The van der Waals surface area contributed by atoms with Crippen molar-refractivity contribution in [2.75, 3.05) is 31.5 Å². The highest BCUT2D eigenvalue weighted by Crippen LogP contribution is 2.17. The monoisotopic (exact) mass is 275 g/mol. The van der Waals surface area contributed by atoms with Gasteiger partial charge in [0, 0.05) is 31.9 Å². The van der Waals surface area contributed by atoms with Gasteiger partial charge in [-0.2, -0.15) is 0 Å². The predicted octanol–water partition coefficient (Wildman–Crippen LogP) is 1.87. The van der Waals surface area contributed by atoms with Gasteiger partial charge in [-0.05, 0) is 25.0 Å². The quantitative estimate of drug-likeness (QED) is 0.862. The van der Waals surface area contributed by atoms with E-state index in [2.05, 4.69) is 28.5 Å². The first-order valence-electron chi connectivity index (χ1n) is 7.56. The van der Waals surface area contributed by atoms with Crippen LogP contribution in [0, 0.1) is 0 Å². The smallest absolute Gasteiger partial charge is 0.241 e. The molecule has 1 unspecified atom stereocenters. The molecule has 0 radical (unpaired) electrons. The normalized spacial score (nSPS) is 17.7. The van der Waals surface area contributed by atoms with Crippen molar-refractivity contribution in [2.45, 2.75) is 32.7 Å². The Bertz CT molecular complexity index is 441. The van der Waals surface area contributed by atoms with Gasteiger partial charge in [0.2, 0.25) is 5.91 Å². The fourth-order valence-electron chi connectivity index (χ4n) is 2.60. The summed E-state index contributed by atoms with van der Waals surface area (Å²) in [6.07, 6.45) is 2.08.